The Morgan fingerprint density at radius 1 is 1.05 bits per heavy atom. The monoisotopic (exact) mass is 281 g/mol. The molecule has 4 heteroatoms. The first kappa shape index (κ1) is 13.4. The molecule has 3 rings (SSSR count). The van der Waals surface area contributed by atoms with Crippen LogP contribution in [0.2, 0.25) is 0 Å². The van der Waals surface area contributed by atoms with Crippen LogP contribution < -0.4 is 4.74 Å². The van der Waals surface area contributed by atoms with E-state index >= 15 is 0 Å². The molecule has 105 valence electrons. The van der Waals surface area contributed by atoms with Crippen molar-refractivity contribution in [3.63, 3.8) is 0 Å². The van der Waals surface area contributed by atoms with Crippen molar-refractivity contribution in [2.45, 2.75) is 19.4 Å². The number of benzene rings is 2. The zero-order valence-corrected chi connectivity index (χ0v) is 11.5. The third-order valence-corrected chi connectivity index (χ3v) is 3.65. The van der Waals surface area contributed by atoms with Gasteiger partial charge in [0, 0.05) is 11.1 Å². The average Bonchev–Trinajstić information content (AvgIpc) is 2.48. The predicted molar refractivity (Wildman–Crippen MR) is 75.0 cm³/mol. The highest BCUT2D eigenvalue weighted by Gasteiger charge is 2.36. The number of carbonyl (C=O) groups excluding carboxylic acids is 2. The second-order valence-corrected chi connectivity index (χ2v) is 4.90. The van der Waals surface area contributed by atoms with Crippen LogP contribution in [0.15, 0.2) is 42.5 Å². The molecule has 1 heterocycles. The van der Waals surface area contributed by atoms with Crippen LogP contribution in [0.5, 0.6) is 5.75 Å². The maximum Gasteiger partial charge on any atom is 0.386 e. The fraction of sp³-hybridized carbons (Fsp3) is 0.176. The summed E-state index contributed by atoms with van der Waals surface area (Å²) in [5, 5.41) is 11.2. The number of carbonyl (C=O) groups is 2. The fourth-order valence-electron chi connectivity index (χ4n) is 2.58. The predicted octanol–water partition coefficient (Wildman–Crippen LogP) is 3.33. The molecule has 21 heavy (non-hydrogen) atoms. The van der Waals surface area contributed by atoms with Crippen LogP contribution in [-0.4, -0.2) is 11.8 Å². The molecule has 0 spiro atoms. The lowest BCUT2D eigenvalue weighted by Gasteiger charge is -2.33. The minimum atomic E-state index is -1.24. The zero-order valence-electron chi connectivity index (χ0n) is 11.5. The summed E-state index contributed by atoms with van der Waals surface area (Å²) in [5.41, 5.74) is 1.61. The van der Waals surface area contributed by atoms with Gasteiger partial charge in [-0.2, -0.15) is 0 Å². The summed E-state index contributed by atoms with van der Waals surface area (Å²) in [7, 11) is 0. The minimum absolute atomic E-state index is 0.104. The van der Waals surface area contributed by atoms with Crippen molar-refractivity contribution in [1.29, 1.82) is 0 Å². The van der Waals surface area contributed by atoms with Gasteiger partial charge in [-0.05, 0) is 18.6 Å². The van der Waals surface area contributed by atoms with Crippen molar-refractivity contribution in [1.82, 2.24) is 0 Å². The molecule has 2 aromatic carbocycles. The smallest absolute Gasteiger partial charge is 0.386 e. The van der Waals surface area contributed by atoms with Crippen molar-refractivity contribution < 1.29 is 19.4 Å². The van der Waals surface area contributed by atoms with Crippen LogP contribution in [0.1, 0.15) is 51.3 Å². The van der Waals surface area contributed by atoms with Gasteiger partial charge in [0.25, 0.3) is 0 Å². The van der Waals surface area contributed by atoms with Gasteiger partial charge in [0.05, 0.1) is 11.1 Å². The van der Waals surface area contributed by atoms with Gasteiger partial charge in [0.15, 0.2) is 5.78 Å². The second-order valence-electron chi connectivity index (χ2n) is 4.90. The van der Waals surface area contributed by atoms with E-state index in [9.17, 15) is 14.7 Å². The normalized spacial score (nSPS) is 15.6. The standard InChI is InChI=1S/C17H13O4/c1-2-13-14-11(17(19)20)8-9-12(16(14)21-13)15(18)10-6-4-3-5-7-10/h3-9,13H,2H2,1H3. The highest BCUT2D eigenvalue weighted by molar-refractivity contribution is 6.12. The quantitative estimate of drug-likeness (QED) is 0.807. The van der Waals surface area contributed by atoms with Crippen LogP contribution in [0.25, 0.3) is 0 Å². The van der Waals surface area contributed by atoms with Crippen molar-refractivity contribution >= 4 is 11.8 Å². The third kappa shape index (κ3) is 2.09. The average molecular weight is 281 g/mol. The van der Waals surface area contributed by atoms with Crippen molar-refractivity contribution in [2.24, 2.45) is 0 Å². The molecule has 0 bridgehead atoms. The molecule has 0 saturated carbocycles. The van der Waals surface area contributed by atoms with Crippen LogP contribution in [-0.2, 0) is 5.11 Å². The van der Waals surface area contributed by atoms with Crippen LogP contribution in [0.3, 0.4) is 0 Å². The lowest BCUT2D eigenvalue weighted by atomic mass is 9.89. The Labute approximate surface area is 122 Å². The van der Waals surface area contributed by atoms with Gasteiger partial charge in [-0.1, -0.05) is 37.3 Å². The van der Waals surface area contributed by atoms with Crippen LogP contribution in [0.4, 0.5) is 0 Å². The molecule has 0 saturated heterocycles. The molecule has 0 aromatic heterocycles. The van der Waals surface area contributed by atoms with Gasteiger partial charge in [0.2, 0.25) is 0 Å². The van der Waals surface area contributed by atoms with Crippen LogP contribution >= 0.6 is 0 Å². The highest BCUT2D eigenvalue weighted by atomic mass is 16.5. The van der Waals surface area contributed by atoms with E-state index in [0.29, 0.717) is 28.9 Å². The zero-order chi connectivity index (χ0) is 15.0. The molecule has 1 unspecified atom stereocenters. The molecule has 1 radical (unpaired) electrons. The van der Waals surface area contributed by atoms with Gasteiger partial charge in [-0.3, -0.25) is 4.79 Å². The molecule has 1 aliphatic rings. The first-order valence-electron chi connectivity index (χ1n) is 6.78. The van der Waals surface area contributed by atoms with Gasteiger partial charge in [-0.25, -0.2) is 9.90 Å². The molecule has 0 fully saturated rings. The number of hydrogen-bond donors (Lipinski definition) is 0. The molecule has 4 nitrogen and oxygen atoms in total. The Hall–Kier alpha value is -2.62. The molecule has 0 aliphatic carbocycles. The first-order chi connectivity index (χ1) is 10.1. The maximum atomic E-state index is 12.5. The second kappa shape index (κ2) is 5.05. The molecule has 0 N–H and O–H groups in total. The van der Waals surface area contributed by atoms with Gasteiger partial charge >= 0.3 is 5.97 Å². The van der Waals surface area contributed by atoms with E-state index in [0.717, 1.165) is 0 Å². The van der Waals surface area contributed by atoms with E-state index in [1.165, 1.54) is 12.1 Å². The summed E-state index contributed by atoms with van der Waals surface area (Å²) in [4.78, 5) is 23.7. The maximum absolute atomic E-state index is 12.5. The Morgan fingerprint density at radius 2 is 1.71 bits per heavy atom. The summed E-state index contributed by atoms with van der Waals surface area (Å²) in [6, 6.07) is 11.8. The number of ether oxygens (including phenoxy) is 1. The van der Waals surface area contributed by atoms with Gasteiger partial charge in [-0.15, -0.1) is 0 Å². The molecular weight excluding hydrogens is 268 g/mol. The van der Waals surface area contributed by atoms with Gasteiger partial charge < -0.3 is 4.74 Å². The summed E-state index contributed by atoms with van der Waals surface area (Å²) in [6.45, 7) is 1.90. The molecule has 0 amide bonds. The molecule has 2 aromatic rings. The van der Waals surface area contributed by atoms with Crippen molar-refractivity contribution in [2.75, 3.05) is 0 Å². The number of hydrogen-bond acceptors (Lipinski definition) is 3. The fourth-order valence-corrected chi connectivity index (χ4v) is 2.58. The van der Waals surface area contributed by atoms with E-state index in [1.807, 2.05) is 13.0 Å². The number of fused-ring (bicyclic) bond motifs is 1. The Kier molecular flexibility index (Phi) is 3.22. The van der Waals surface area contributed by atoms with Crippen LogP contribution in [0, 0.1) is 0 Å². The SMILES string of the molecule is CCC1Oc2c(C(=O)c3ccccc3)ccc(C([O])=O)c21. The summed E-state index contributed by atoms with van der Waals surface area (Å²) < 4.78 is 5.59. The number of rotatable bonds is 4. The largest absolute Gasteiger partial charge is 0.484 e. The summed E-state index contributed by atoms with van der Waals surface area (Å²) >= 11 is 0. The summed E-state index contributed by atoms with van der Waals surface area (Å²) in [6.07, 6.45) is 0.368. The topological polar surface area (TPSA) is 63.3 Å². The van der Waals surface area contributed by atoms with Gasteiger partial charge in [0.1, 0.15) is 11.9 Å². The summed E-state index contributed by atoms with van der Waals surface area (Å²) in [5.74, 6) is -1.05. The molecular formula is C17H13O4. The highest BCUT2D eigenvalue weighted by Crippen LogP contribution is 2.46. The molecule has 1 atom stereocenters. The van der Waals surface area contributed by atoms with Crippen molar-refractivity contribution in [3.8, 4) is 5.75 Å². The van der Waals surface area contributed by atoms with E-state index in [-0.39, 0.29) is 17.5 Å². The van der Waals surface area contributed by atoms with E-state index < -0.39 is 5.97 Å². The third-order valence-electron chi connectivity index (χ3n) is 3.65. The van der Waals surface area contributed by atoms with E-state index in [4.69, 9.17) is 4.74 Å². The lowest BCUT2D eigenvalue weighted by molar-refractivity contribution is 0.0554. The number of ketones is 1. The Morgan fingerprint density at radius 3 is 2.33 bits per heavy atom. The van der Waals surface area contributed by atoms with Crippen molar-refractivity contribution in [3.05, 3.63) is 64.7 Å². The minimum Gasteiger partial charge on any atom is -0.484 e. The first-order valence-corrected chi connectivity index (χ1v) is 6.78. The van der Waals surface area contributed by atoms with E-state index in [1.54, 1.807) is 24.3 Å². The molecule has 1 aliphatic heterocycles. The lowest BCUT2D eigenvalue weighted by Crippen LogP contribution is -2.25. The van der Waals surface area contributed by atoms with E-state index in [2.05, 4.69) is 0 Å². The Bertz CT molecular complexity index is 719. The Balaban J connectivity index is 2.08.